The molecule has 0 saturated carbocycles. The van der Waals surface area contributed by atoms with Crippen molar-refractivity contribution >= 4 is 69.9 Å². The lowest BCUT2D eigenvalue weighted by Crippen LogP contribution is -2.43. The number of hydrogen-bond donors (Lipinski definition) is 1. The summed E-state index contributed by atoms with van der Waals surface area (Å²) in [5.74, 6) is -2.46. The van der Waals surface area contributed by atoms with E-state index in [1.54, 1.807) is 24.3 Å². The van der Waals surface area contributed by atoms with Crippen LogP contribution in [0.1, 0.15) is 18.4 Å². The molecule has 11 heteroatoms. The number of thioether (sulfide) groups is 1. The molecule has 1 aliphatic carbocycles. The number of imide groups is 2. The molecule has 0 radical (unpaired) electrons. The van der Waals surface area contributed by atoms with Gasteiger partial charge in [0.2, 0.25) is 17.7 Å². The Morgan fingerprint density at radius 3 is 2.33 bits per heavy atom. The molecule has 3 aliphatic rings. The van der Waals surface area contributed by atoms with Crippen LogP contribution in [0.3, 0.4) is 0 Å². The summed E-state index contributed by atoms with van der Waals surface area (Å²) in [6, 6.07) is 4.86. The van der Waals surface area contributed by atoms with Crippen LogP contribution in [0.2, 0.25) is 10.0 Å². The lowest BCUT2D eigenvalue weighted by Gasteiger charge is -2.16. The van der Waals surface area contributed by atoms with Gasteiger partial charge in [-0.1, -0.05) is 41.4 Å². The number of amides is 5. The van der Waals surface area contributed by atoms with Gasteiger partial charge in [0.05, 0.1) is 26.8 Å². The van der Waals surface area contributed by atoms with Gasteiger partial charge in [-0.2, -0.15) is 0 Å². The van der Waals surface area contributed by atoms with Crippen molar-refractivity contribution in [2.75, 3.05) is 19.6 Å². The van der Waals surface area contributed by atoms with E-state index in [9.17, 15) is 24.0 Å². The molecule has 2 heterocycles. The topological polar surface area (TPSA) is 104 Å². The molecule has 2 aliphatic heterocycles. The molecule has 5 amide bonds. The highest BCUT2D eigenvalue weighted by Gasteiger charge is 2.47. The molecule has 0 bridgehead atoms. The Bertz CT molecular complexity index is 1090. The molecule has 2 fully saturated rings. The number of carbonyl (C=O) groups is 5. The van der Waals surface area contributed by atoms with Gasteiger partial charge in [-0.25, -0.2) is 0 Å². The molecule has 0 unspecified atom stereocenters. The van der Waals surface area contributed by atoms with Crippen molar-refractivity contribution in [2.24, 2.45) is 11.8 Å². The van der Waals surface area contributed by atoms with Crippen molar-refractivity contribution < 1.29 is 24.0 Å². The zero-order valence-electron chi connectivity index (χ0n) is 17.3. The minimum atomic E-state index is -0.526. The molecule has 2 saturated heterocycles. The summed E-state index contributed by atoms with van der Waals surface area (Å²) in [5.41, 5.74) is 0.624. The van der Waals surface area contributed by atoms with E-state index in [4.69, 9.17) is 23.2 Å². The van der Waals surface area contributed by atoms with E-state index in [-0.39, 0.29) is 36.4 Å². The molecule has 2 atom stereocenters. The van der Waals surface area contributed by atoms with E-state index in [1.807, 2.05) is 12.2 Å². The van der Waals surface area contributed by atoms with Crippen LogP contribution in [0.4, 0.5) is 4.79 Å². The van der Waals surface area contributed by atoms with Crippen molar-refractivity contribution in [3.63, 3.8) is 0 Å². The maximum Gasteiger partial charge on any atom is 0.293 e. The van der Waals surface area contributed by atoms with Crippen LogP contribution < -0.4 is 5.32 Å². The maximum absolute atomic E-state index is 12.6. The fourth-order valence-electron chi connectivity index (χ4n) is 3.98. The van der Waals surface area contributed by atoms with Gasteiger partial charge in [-0.3, -0.25) is 33.8 Å². The predicted octanol–water partition coefficient (Wildman–Crippen LogP) is 3.10. The summed E-state index contributed by atoms with van der Waals surface area (Å²) in [4.78, 5) is 64.3. The minimum Gasteiger partial charge on any atom is -0.353 e. The smallest absolute Gasteiger partial charge is 0.293 e. The summed E-state index contributed by atoms with van der Waals surface area (Å²) >= 11 is 12.7. The fraction of sp³-hybridized carbons (Fsp3) is 0.318. The molecule has 33 heavy (non-hydrogen) atoms. The predicted molar refractivity (Wildman–Crippen MR) is 124 cm³/mol. The molecule has 1 aromatic rings. The van der Waals surface area contributed by atoms with Crippen molar-refractivity contribution in [1.29, 1.82) is 0 Å². The van der Waals surface area contributed by atoms with Crippen molar-refractivity contribution in [3.05, 3.63) is 50.9 Å². The second kappa shape index (κ2) is 9.70. The van der Waals surface area contributed by atoms with Gasteiger partial charge in [-0.15, -0.1) is 0 Å². The molecule has 1 aromatic carbocycles. The van der Waals surface area contributed by atoms with Crippen molar-refractivity contribution in [1.82, 2.24) is 15.1 Å². The summed E-state index contributed by atoms with van der Waals surface area (Å²) < 4.78 is 0. The fourth-order valence-corrected chi connectivity index (χ4v) is 5.15. The van der Waals surface area contributed by atoms with Crippen LogP contribution in [0.5, 0.6) is 0 Å². The zero-order valence-corrected chi connectivity index (χ0v) is 19.6. The summed E-state index contributed by atoms with van der Waals surface area (Å²) in [6.07, 6.45) is 6.31. The molecule has 0 spiro atoms. The Labute approximate surface area is 203 Å². The Balaban J connectivity index is 1.30. The van der Waals surface area contributed by atoms with E-state index in [0.29, 0.717) is 28.5 Å². The Morgan fingerprint density at radius 1 is 1.03 bits per heavy atom. The first-order valence-electron chi connectivity index (χ1n) is 10.2. The number of carbonyl (C=O) groups excluding carboxylic acids is 5. The number of allylic oxidation sites excluding steroid dienone is 2. The number of nitrogens with zero attached hydrogens (tertiary/aromatic N) is 2. The van der Waals surface area contributed by atoms with E-state index in [1.165, 1.54) is 0 Å². The summed E-state index contributed by atoms with van der Waals surface area (Å²) in [6.45, 7) is -0.405. The average Bonchev–Trinajstić information content (AvgIpc) is 3.19. The average molecular weight is 508 g/mol. The first-order valence-corrected chi connectivity index (χ1v) is 11.8. The van der Waals surface area contributed by atoms with Crippen LogP contribution in [0, 0.1) is 11.8 Å². The second-order valence-corrected chi connectivity index (χ2v) is 9.58. The van der Waals surface area contributed by atoms with Gasteiger partial charge < -0.3 is 5.32 Å². The number of fused-ring (bicyclic) bond motifs is 1. The monoisotopic (exact) mass is 507 g/mol. The SMILES string of the molecule is O=C(CN1C(=O)[C@H]2CC=CC[C@@H]2C1=O)NCCN1C(=O)S/C(=C/c2ccc(Cl)c(Cl)c2)C1=O. The van der Waals surface area contributed by atoms with Crippen LogP contribution in [0.15, 0.2) is 35.3 Å². The quantitative estimate of drug-likeness (QED) is 0.360. The van der Waals surface area contributed by atoms with Gasteiger partial charge in [0.25, 0.3) is 11.1 Å². The van der Waals surface area contributed by atoms with Crippen LogP contribution in [-0.4, -0.2) is 58.3 Å². The van der Waals surface area contributed by atoms with Crippen LogP contribution >= 0.6 is 35.0 Å². The van der Waals surface area contributed by atoms with Gasteiger partial charge in [0, 0.05) is 13.1 Å². The lowest BCUT2D eigenvalue weighted by molar-refractivity contribution is -0.143. The number of nitrogens with one attached hydrogen (secondary N) is 1. The number of benzene rings is 1. The molecular weight excluding hydrogens is 489 g/mol. The van der Waals surface area contributed by atoms with Gasteiger partial charge in [0.1, 0.15) is 6.54 Å². The minimum absolute atomic E-state index is 0.00155. The zero-order chi connectivity index (χ0) is 23.7. The normalized spacial score (nSPS) is 23.6. The Kier molecular flexibility index (Phi) is 6.92. The summed E-state index contributed by atoms with van der Waals surface area (Å²) in [7, 11) is 0. The first kappa shape index (κ1) is 23.5. The maximum atomic E-state index is 12.6. The molecule has 172 valence electrons. The highest BCUT2D eigenvalue weighted by Crippen LogP contribution is 2.35. The van der Waals surface area contributed by atoms with Gasteiger partial charge in [-0.05, 0) is 48.4 Å². The second-order valence-electron chi connectivity index (χ2n) is 7.78. The third-order valence-electron chi connectivity index (χ3n) is 5.67. The number of hydrogen-bond acceptors (Lipinski definition) is 6. The Hall–Kier alpha value is -2.62. The standard InChI is InChI=1S/C22H19Cl2N3O5S/c23-15-6-5-12(9-16(15)24)10-17-21(31)26(22(32)33-17)8-7-25-18(28)11-27-19(29)13-3-1-2-4-14(13)20(27)30/h1-2,5-6,9-10,13-14H,3-4,7-8,11H2,(H,25,28)/b17-10+/t13-,14-/m0/s1. The van der Waals surface area contributed by atoms with Crippen LogP contribution in [-0.2, 0) is 19.2 Å². The number of likely N-dealkylation sites (tertiary alicyclic amines) is 1. The van der Waals surface area contributed by atoms with Gasteiger partial charge in [0.15, 0.2) is 0 Å². The number of rotatable bonds is 6. The Morgan fingerprint density at radius 2 is 1.70 bits per heavy atom. The van der Waals surface area contributed by atoms with E-state index in [2.05, 4.69) is 5.32 Å². The largest absolute Gasteiger partial charge is 0.353 e. The highest BCUT2D eigenvalue weighted by atomic mass is 35.5. The summed E-state index contributed by atoms with van der Waals surface area (Å²) in [5, 5.41) is 2.83. The van der Waals surface area contributed by atoms with Crippen molar-refractivity contribution in [3.8, 4) is 0 Å². The molecule has 0 aromatic heterocycles. The molecule has 1 N–H and O–H groups in total. The van der Waals surface area contributed by atoms with E-state index in [0.717, 1.165) is 21.6 Å². The highest BCUT2D eigenvalue weighted by molar-refractivity contribution is 8.18. The number of halogens is 2. The van der Waals surface area contributed by atoms with Crippen molar-refractivity contribution in [2.45, 2.75) is 12.8 Å². The molecule has 8 nitrogen and oxygen atoms in total. The van der Waals surface area contributed by atoms with Gasteiger partial charge >= 0.3 is 0 Å². The molecule has 4 rings (SSSR count). The van der Waals surface area contributed by atoms with Crippen LogP contribution in [0.25, 0.3) is 6.08 Å². The lowest BCUT2D eigenvalue weighted by atomic mass is 9.85. The van der Waals surface area contributed by atoms with E-state index >= 15 is 0 Å². The third-order valence-corrected chi connectivity index (χ3v) is 7.32. The first-order chi connectivity index (χ1) is 15.8. The van der Waals surface area contributed by atoms with E-state index < -0.39 is 28.9 Å². The molecular formula is C22H19Cl2N3O5S. The third kappa shape index (κ3) is 4.85.